The number of nitrogens with one attached hydrogen (secondary N) is 1. The van der Waals surface area contributed by atoms with Gasteiger partial charge in [-0.25, -0.2) is 0 Å². The summed E-state index contributed by atoms with van der Waals surface area (Å²) in [5.74, 6) is 0.0770. The van der Waals surface area contributed by atoms with Crippen molar-refractivity contribution in [3.8, 4) is 0 Å². The Bertz CT molecular complexity index is 1090. The Morgan fingerprint density at radius 2 is 0.700 bits per heavy atom. The number of nitrogen functional groups attached to an aromatic ring is 1. The first-order valence-corrected chi connectivity index (χ1v) is 9.59. The summed E-state index contributed by atoms with van der Waals surface area (Å²) in [5.41, 5.74) is 13.3. The maximum atomic E-state index is 7.70. The van der Waals surface area contributed by atoms with Crippen LogP contribution in [0.15, 0.2) is 115 Å². The van der Waals surface area contributed by atoms with Gasteiger partial charge in [0.1, 0.15) is 5.84 Å². The molecule has 0 spiro atoms. The molecule has 4 aromatic rings. The number of nitrogens with two attached hydrogens (primary N) is 1. The Morgan fingerprint density at radius 3 is 1.00 bits per heavy atom. The lowest BCUT2D eigenvalue weighted by Crippen LogP contribution is -2.10. The molecule has 30 heavy (non-hydrogen) atoms. The summed E-state index contributed by atoms with van der Waals surface area (Å²) < 4.78 is 0. The molecule has 0 saturated carbocycles. The molecule has 2 nitrogen and oxygen atoms in total. The van der Waals surface area contributed by atoms with Crippen LogP contribution in [0.3, 0.4) is 0 Å². The number of hydrogen-bond donors (Lipinski definition) is 2. The molecule has 0 aliphatic heterocycles. The van der Waals surface area contributed by atoms with Crippen molar-refractivity contribution in [2.75, 3.05) is 0 Å². The third-order valence-electron chi connectivity index (χ3n) is 4.92. The molecular weight excluding hydrogens is 388 g/mol. The van der Waals surface area contributed by atoms with Gasteiger partial charge in [0.05, 0.1) is 0 Å². The van der Waals surface area contributed by atoms with Crippen molar-refractivity contribution in [3.63, 3.8) is 0 Å². The molecule has 0 radical (unpaired) electrons. The van der Waals surface area contributed by atoms with Crippen molar-refractivity contribution in [2.24, 2.45) is 5.73 Å². The summed E-state index contributed by atoms with van der Waals surface area (Å²) in [4.78, 5) is 0. The predicted molar refractivity (Wildman–Crippen MR) is 129 cm³/mol. The zero-order valence-electron chi connectivity index (χ0n) is 16.5. The lowest BCUT2D eigenvalue weighted by molar-refractivity contribution is 1.42. The molecular formula is C27H23ClN2. The monoisotopic (exact) mass is 410 g/mol. The summed E-state index contributed by atoms with van der Waals surface area (Å²) in [6.45, 7) is 0. The van der Waals surface area contributed by atoms with E-state index < -0.39 is 0 Å². The van der Waals surface area contributed by atoms with Crippen LogP contribution < -0.4 is 5.73 Å². The fourth-order valence-corrected chi connectivity index (χ4v) is 3.54. The number of amidine groups is 1. The fraction of sp³-hybridized carbons (Fsp3) is 0. The van der Waals surface area contributed by atoms with Crippen molar-refractivity contribution in [1.82, 2.24) is 0 Å². The Morgan fingerprint density at radius 1 is 0.433 bits per heavy atom. The van der Waals surface area contributed by atoms with E-state index in [4.69, 9.17) is 11.1 Å². The molecule has 0 amide bonds. The molecule has 0 aliphatic carbocycles. The highest BCUT2D eigenvalue weighted by atomic mass is 35.5. The van der Waals surface area contributed by atoms with Crippen LogP contribution in [-0.2, 0) is 0 Å². The van der Waals surface area contributed by atoms with Crippen LogP contribution in [0.4, 0.5) is 0 Å². The Hall–Kier alpha value is -3.62. The Labute approximate surface area is 183 Å². The van der Waals surface area contributed by atoms with E-state index in [1.807, 2.05) is 42.5 Å². The van der Waals surface area contributed by atoms with Gasteiger partial charge in [0, 0.05) is 5.56 Å². The minimum Gasteiger partial charge on any atom is -0.384 e. The first kappa shape index (κ1) is 21.1. The van der Waals surface area contributed by atoms with Gasteiger partial charge in [-0.15, -0.1) is 12.4 Å². The van der Waals surface area contributed by atoms with Crippen LogP contribution in [-0.4, -0.2) is 5.84 Å². The second-order valence-electron chi connectivity index (χ2n) is 6.84. The van der Waals surface area contributed by atoms with E-state index >= 15 is 0 Å². The van der Waals surface area contributed by atoms with Gasteiger partial charge >= 0.3 is 0 Å². The average Bonchev–Trinajstić information content (AvgIpc) is 2.79. The van der Waals surface area contributed by atoms with Gasteiger partial charge in [-0.05, 0) is 33.4 Å². The Kier molecular flexibility index (Phi) is 6.84. The van der Waals surface area contributed by atoms with Gasteiger partial charge in [0.15, 0.2) is 0 Å². The van der Waals surface area contributed by atoms with E-state index in [0.717, 1.165) is 33.4 Å². The van der Waals surface area contributed by atoms with Gasteiger partial charge in [0.2, 0.25) is 0 Å². The lowest BCUT2D eigenvalue weighted by Gasteiger charge is -2.18. The van der Waals surface area contributed by atoms with E-state index in [1.165, 1.54) is 5.57 Å². The fourth-order valence-electron chi connectivity index (χ4n) is 3.54. The third-order valence-corrected chi connectivity index (χ3v) is 4.92. The second kappa shape index (κ2) is 9.73. The third kappa shape index (κ3) is 4.51. The summed E-state index contributed by atoms with van der Waals surface area (Å²) >= 11 is 0. The largest absolute Gasteiger partial charge is 0.384 e. The quantitative estimate of drug-likeness (QED) is 0.223. The molecule has 3 heteroatoms. The van der Waals surface area contributed by atoms with Crippen LogP contribution >= 0.6 is 12.4 Å². The summed E-state index contributed by atoms with van der Waals surface area (Å²) in [7, 11) is 0. The maximum Gasteiger partial charge on any atom is 0.122 e. The highest BCUT2D eigenvalue weighted by Gasteiger charge is 2.16. The molecule has 0 heterocycles. The standard InChI is InChI=1S/C27H22N2.ClH/c28-27(29)24-18-16-23(17-19-24)26(22-14-8-3-9-15-22)25(20-10-4-1-5-11-20)21-12-6-2-7-13-21;/h1-19H,(H3,28,29);1H. The summed E-state index contributed by atoms with van der Waals surface area (Å²) in [6, 6.07) is 39.3. The SMILES string of the molecule is Cl.N=C(N)c1ccc(C(=C(c2ccccc2)c2ccccc2)c2ccccc2)cc1. The molecule has 0 unspecified atom stereocenters. The summed E-state index contributed by atoms with van der Waals surface area (Å²) in [5, 5.41) is 7.70. The molecule has 0 bridgehead atoms. The van der Waals surface area contributed by atoms with Gasteiger partial charge in [-0.2, -0.15) is 0 Å². The first-order chi connectivity index (χ1) is 14.2. The van der Waals surface area contributed by atoms with Gasteiger partial charge in [-0.3, -0.25) is 5.41 Å². The van der Waals surface area contributed by atoms with E-state index in [9.17, 15) is 0 Å². The van der Waals surface area contributed by atoms with Gasteiger partial charge < -0.3 is 5.73 Å². The second-order valence-corrected chi connectivity index (χ2v) is 6.84. The zero-order valence-corrected chi connectivity index (χ0v) is 17.3. The lowest BCUT2D eigenvalue weighted by atomic mass is 9.85. The zero-order chi connectivity index (χ0) is 20.1. The normalized spacial score (nSPS) is 10.0. The molecule has 3 N–H and O–H groups in total. The van der Waals surface area contributed by atoms with E-state index in [0.29, 0.717) is 0 Å². The number of rotatable bonds is 5. The molecule has 0 aliphatic rings. The minimum atomic E-state index is 0. The molecule has 0 atom stereocenters. The van der Waals surface area contributed by atoms with Crippen molar-refractivity contribution < 1.29 is 0 Å². The van der Waals surface area contributed by atoms with Crippen molar-refractivity contribution in [2.45, 2.75) is 0 Å². The average molecular weight is 411 g/mol. The topological polar surface area (TPSA) is 49.9 Å². The van der Waals surface area contributed by atoms with E-state index in [1.54, 1.807) is 0 Å². The number of hydrogen-bond acceptors (Lipinski definition) is 1. The first-order valence-electron chi connectivity index (χ1n) is 9.59. The van der Waals surface area contributed by atoms with Crippen LogP contribution in [0.2, 0.25) is 0 Å². The summed E-state index contributed by atoms with van der Waals surface area (Å²) in [6.07, 6.45) is 0. The van der Waals surface area contributed by atoms with Crippen molar-refractivity contribution in [3.05, 3.63) is 143 Å². The molecule has 148 valence electrons. The van der Waals surface area contributed by atoms with Crippen LogP contribution in [0.25, 0.3) is 11.1 Å². The number of benzene rings is 4. The molecule has 0 saturated heterocycles. The maximum absolute atomic E-state index is 7.70. The molecule has 0 aromatic heterocycles. The minimum absolute atomic E-state index is 0. The van der Waals surface area contributed by atoms with Crippen LogP contribution in [0.5, 0.6) is 0 Å². The highest BCUT2D eigenvalue weighted by Crippen LogP contribution is 2.36. The Balaban J connectivity index is 0.00000256. The molecule has 4 rings (SSSR count). The van der Waals surface area contributed by atoms with Crippen molar-refractivity contribution in [1.29, 1.82) is 5.41 Å². The molecule has 4 aromatic carbocycles. The molecule has 0 fully saturated rings. The van der Waals surface area contributed by atoms with Gasteiger partial charge in [-0.1, -0.05) is 115 Å². The van der Waals surface area contributed by atoms with Crippen LogP contribution in [0.1, 0.15) is 27.8 Å². The number of halogens is 1. The smallest absolute Gasteiger partial charge is 0.122 e. The van der Waals surface area contributed by atoms with Gasteiger partial charge in [0.25, 0.3) is 0 Å². The van der Waals surface area contributed by atoms with Crippen LogP contribution in [0, 0.1) is 5.41 Å². The van der Waals surface area contributed by atoms with E-state index in [2.05, 4.69) is 72.8 Å². The van der Waals surface area contributed by atoms with E-state index in [-0.39, 0.29) is 18.2 Å². The van der Waals surface area contributed by atoms with Crippen molar-refractivity contribution >= 4 is 29.4 Å². The predicted octanol–water partition coefficient (Wildman–Crippen LogP) is 6.40. The highest BCUT2D eigenvalue weighted by molar-refractivity contribution is 6.05.